The zero-order valence-electron chi connectivity index (χ0n) is 15.5. The van der Waals surface area contributed by atoms with Crippen LogP contribution in [0.15, 0.2) is 71.3 Å². The van der Waals surface area contributed by atoms with E-state index in [-0.39, 0.29) is 11.7 Å². The summed E-state index contributed by atoms with van der Waals surface area (Å²) in [5.74, 6) is -0.694. The Morgan fingerprint density at radius 3 is 2.79 bits per heavy atom. The molecule has 0 fully saturated rings. The van der Waals surface area contributed by atoms with Crippen molar-refractivity contribution in [1.82, 2.24) is 10.3 Å². The monoisotopic (exact) mass is 393 g/mol. The SMILES string of the molecule is CC1=C(C(=O)Nc2cccnc2)C(c2ccccc2Cl)C2=C(CCCC2=O)N1. The quantitative estimate of drug-likeness (QED) is 0.813. The predicted molar refractivity (Wildman–Crippen MR) is 109 cm³/mol. The van der Waals surface area contributed by atoms with E-state index in [1.165, 1.54) is 0 Å². The minimum absolute atomic E-state index is 0.0675. The van der Waals surface area contributed by atoms with Crippen LogP contribution >= 0.6 is 11.6 Å². The molecule has 2 heterocycles. The van der Waals surface area contributed by atoms with Crippen LogP contribution in [0.2, 0.25) is 5.02 Å². The van der Waals surface area contributed by atoms with Gasteiger partial charge < -0.3 is 10.6 Å². The highest BCUT2D eigenvalue weighted by Gasteiger charge is 2.39. The number of hydrogen-bond acceptors (Lipinski definition) is 4. The van der Waals surface area contributed by atoms with Gasteiger partial charge in [0.25, 0.3) is 5.91 Å². The molecule has 5 nitrogen and oxygen atoms in total. The maximum atomic E-state index is 13.2. The number of dihydropyridines is 1. The number of benzene rings is 1. The van der Waals surface area contributed by atoms with E-state index in [0.717, 1.165) is 29.8 Å². The van der Waals surface area contributed by atoms with Crippen LogP contribution in [0.3, 0.4) is 0 Å². The van der Waals surface area contributed by atoms with Crippen molar-refractivity contribution in [3.63, 3.8) is 0 Å². The summed E-state index contributed by atoms with van der Waals surface area (Å²) >= 11 is 6.50. The fourth-order valence-electron chi connectivity index (χ4n) is 3.94. The molecular weight excluding hydrogens is 374 g/mol. The topological polar surface area (TPSA) is 71.1 Å². The van der Waals surface area contributed by atoms with Gasteiger partial charge in [0.1, 0.15) is 0 Å². The third-order valence-corrected chi connectivity index (χ3v) is 5.50. The van der Waals surface area contributed by atoms with Gasteiger partial charge in [-0.3, -0.25) is 14.6 Å². The molecule has 1 amide bonds. The van der Waals surface area contributed by atoms with Crippen molar-refractivity contribution in [2.45, 2.75) is 32.1 Å². The molecule has 1 atom stereocenters. The molecule has 142 valence electrons. The largest absolute Gasteiger partial charge is 0.362 e. The highest BCUT2D eigenvalue weighted by Crippen LogP contribution is 2.44. The molecule has 1 aliphatic carbocycles. The molecule has 2 N–H and O–H groups in total. The van der Waals surface area contributed by atoms with Crippen LogP contribution in [0, 0.1) is 0 Å². The number of allylic oxidation sites excluding steroid dienone is 3. The summed E-state index contributed by atoms with van der Waals surface area (Å²) in [4.78, 5) is 30.1. The van der Waals surface area contributed by atoms with E-state index >= 15 is 0 Å². The van der Waals surface area contributed by atoms with Crippen molar-refractivity contribution in [1.29, 1.82) is 0 Å². The number of hydrogen-bond donors (Lipinski definition) is 2. The van der Waals surface area contributed by atoms with Gasteiger partial charge in [-0.25, -0.2) is 0 Å². The molecule has 0 radical (unpaired) electrons. The normalized spacial score (nSPS) is 19.2. The molecule has 2 aliphatic rings. The van der Waals surface area contributed by atoms with E-state index in [1.54, 1.807) is 30.6 Å². The second-order valence-electron chi connectivity index (χ2n) is 6.98. The zero-order valence-corrected chi connectivity index (χ0v) is 16.2. The highest BCUT2D eigenvalue weighted by molar-refractivity contribution is 6.31. The van der Waals surface area contributed by atoms with Gasteiger partial charge in [0.2, 0.25) is 0 Å². The number of nitrogens with zero attached hydrogens (tertiary/aromatic N) is 1. The van der Waals surface area contributed by atoms with E-state index in [1.807, 2.05) is 25.1 Å². The molecule has 1 aliphatic heterocycles. The van der Waals surface area contributed by atoms with Gasteiger partial charge in [-0.2, -0.15) is 0 Å². The lowest BCUT2D eigenvalue weighted by Gasteiger charge is -2.34. The standard InChI is InChI=1S/C22H20ClN3O2/c1-13-19(22(28)26-14-6-5-11-24-12-14)20(15-7-2-3-8-16(15)23)21-17(25-13)9-4-10-18(21)27/h2-3,5-8,11-12,20,25H,4,9-10H2,1H3,(H,26,28). The van der Waals surface area contributed by atoms with E-state index in [2.05, 4.69) is 15.6 Å². The molecule has 0 spiro atoms. The number of Topliss-reactive ketones (excluding diaryl/α,β-unsaturated/α-hetero) is 1. The minimum Gasteiger partial charge on any atom is -0.362 e. The average molecular weight is 394 g/mol. The molecular formula is C22H20ClN3O2. The molecule has 1 unspecified atom stereocenters. The van der Waals surface area contributed by atoms with Crippen molar-refractivity contribution < 1.29 is 9.59 Å². The third-order valence-electron chi connectivity index (χ3n) is 5.16. The number of carbonyl (C=O) groups excluding carboxylic acids is 2. The molecule has 0 bridgehead atoms. The first kappa shape index (κ1) is 18.4. The van der Waals surface area contributed by atoms with Gasteiger partial charge in [-0.15, -0.1) is 0 Å². The van der Waals surface area contributed by atoms with Gasteiger partial charge in [-0.05, 0) is 43.5 Å². The number of anilines is 1. The lowest BCUT2D eigenvalue weighted by atomic mass is 9.75. The van der Waals surface area contributed by atoms with Crippen LogP contribution in [-0.2, 0) is 9.59 Å². The summed E-state index contributed by atoms with van der Waals surface area (Å²) in [6, 6.07) is 10.9. The Labute approximate surface area is 168 Å². The van der Waals surface area contributed by atoms with Crippen LogP contribution in [0.1, 0.15) is 37.7 Å². The van der Waals surface area contributed by atoms with E-state index < -0.39 is 5.92 Å². The van der Waals surface area contributed by atoms with Gasteiger partial charge >= 0.3 is 0 Å². The number of amides is 1. The van der Waals surface area contributed by atoms with Crippen molar-refractivity contribution in [3.8, 4) is 0 Å². The van der Waals surface area contributed by atoms with Crippen LogP contribution in [0.25, 0.3) is 0 Å². The van der Waals surface area contributed by atoms with Gasteiger partial charge in [0.05, 0.1) is 11.9 Å². The summed E-state index contributed by atoms with van der Waals surface area (Å²) in [5.41, 5.74) is 4.16. The Kier molecular flexibility index (Phi) is 5.01. The number of halogens is 1. The Hall–Kier alpha value is -2.92. The number of nitrogens with one attached hydrogen (secondary N) is 2. The lowest BCUT2D eigenvalue weighted by Crippen LogP contribution is -2.35. The van der Waals surface area contributed by atoms with Crippen LogP contribution < -0.4 is 10.6 Å². The maximum Gasteiger partial charge on any atom is 0.254 e. The first-order valence-corrected chi connectivity index (χ1v) is 9.64. The number of carbonyl (C=O) groups is 2. The van der Waals surface area contributed by atoms with Gasteiger partial charge in [-0.1, -0.05) is 29.8 Å². The van der Waals surface area contributed by atoms with Gasteiger partial charge in [0, 0.05) is 46.1 Å². The Bertz CT molecular complexity index is 1010. The van der Waals surface area contributed by atoms with Crippen LogP contribution in [0.4, 0.5) is 5.69 Å². The zero-order chi connectivity index (χ0) is 19.7. The van der Waals surface area contributed by atoms with Crippen molar-refractivity contribution in [2.75, 3.05) is 5.32 Å². The minimum atomic E-state index is -0.491. The molecule has 28 heavy (non-hydrogen) atoms. The maximum absolute atomic E-state index is 13.2. The van der Waals surface area contributed by atoms with Crippen LogP contribution in [-0.4, -0.2) is 16.7 Å². The van der Waals surface area contributed by atoms with Crippen molar-refractivity contribution >= 4 is 29.0 Å². The number of pyridine rings is 1. The summed E-state index contributed by atoms with van der Waals surface area (Å²) < 4.78 is 0. The van der Waals surface area contributed by atoms with E-state index in [0.29, 0.717) is 28.3 Å². The first-order chi connectivity index (χ1) is 13.6. The van der Waals surface area contributed by atoms with Gasteiger partial charge in [0.15, 0.2) is 5.78 Å². The molecule has 1 aromatic carbocycles. The number of ketones is 1. The second-order valence-corrected chi connectivity index (χ2v) is 7.39. The smallest absolute Gasteiger partial charge is 0.254 e. The number of rotatable bonds is 3. The highest BCUT2D eigenvalue weighted by atomic mass is 35.5. The number of aromatic nitrogens is 1. The second kappa shape index (κ2) is 7.60. The summed E-state index contributed by atoms with van der Waals surface area (Å²) in [5, 5.41) is 6.74. The molecule has 0 saturated carbocycles. The molecule has 2 aromatic rings. The fraction of sp³-hybridized carbons (Fsp3) is 0.227. The Morgan fingerprint density at radius 1 is 1.21 bits per heavy atom. The van der Waals surface area contributed by atoms with E-state index in [9.17, 15) is 9.59 Å². The summed E-state index contributed by atoms with van der Waals surface area (Å²) in [6.45, 7) is 1.87. The summed E-state index contributed by atoms with van der Waals surface area (Å²) in [7, 11) is 0. The Morgan fingerprint density at radius 2 is 2.04 bits per heavy atom. The summed E-state index contributed by atoms with van der Waals surface area (Å²) in [6.07, 6.45) is 5.32. The first-order valence-electron chi connectivity index (χ1n) is 9.26. The molecule has 0 saturated heterocycles. The molecule has 1 aromatic heterocycles. The van der Waals surface area contributed by atoms with Crippen molar-refractivity contribution in [2.24, 2.45) is 0 Å². The van der Waals surface area contributed by atoms with Crippen molar-refractivity contribution in [3.05, 3.63) is 81.9 Å². The lowest BCUT2D eigenvalue weighted by molar-refractivity contribution is -0.116. The van der Waals surface area contributed by atoms with Crippen LogP contribution in [0.5, 0.6) is 0 Å². The molecule has 4 rings (SSSR count). The Balaban J connectivity index is 1.82. The fourth-order valence-corrected chi connectivity index (χ4v) is 4.18. The predicted octanol–water partition coefficient (Wildman–Crippen LogP) is 4.34. The molecule has 6 heteroatoms. The third kappa shape index (κ3) is 3.34. The van der Waals surface area contributed by atoms with E-state index in [4.69, 9.17) is 11.6 Å². The average Bonchev–Trinajstić information content (AvgIpc) is 2.68.